The van der Waals surface area contributed by atoms with Crippen LogP contribution in [0.2, 0.25) is 0 Å². The molecule has 4 rings (SSSR count). The maximum atomic E-state index is 10.6. The van der Waals surface area contributed by atoms with Crippen LogP contribution in [0.5, 0.6) is 5.75 Å². The molecule has 15 nitrogen and oxygen atoms in total. The largest absolute Gasteiger partial charge is 0.490 e. The molecule has 0 aromatic carbocycles. The molecule has 4 aromatic rings. The molecule has 4 aromatic heterocycles. The Morgan fingerprint density at radius 1 is 1.07 bits per heavy atom. The van der Waals surface area contributed by atoms with Gasteiger partial charge in [-0.2, -0.15) is 31.4 Å². The van der Waals surface area contributed by atoms with Crippen LogP contribution in [0.25, 0.3) is 33.8 Å². The summed E-state index contributed by atoms with van der Waals surface area (Å²) < 4.78 is 76.1. The lowest BCUT2D eigenvalue weighted by Crippen LogP contribution is -2.21. The number of halogens is 6. The molecular weight excluding hydrogens is 576 g/mol. The highest BCUT2D eigenvalue weighted by atomic mass is 19.4. The van der Waals surface area contributed by atoms with Gasteiger partial charge in [-0.25, -0.2) is 24.2 Å². The Bertz CT molecular complexity index is 1430. The molecule has 0 aliphatic carbocycles. The predicted molar refractivity (Wildman–Crippen MR) is 125 cm³/mol. The van der Waals surface area contributed by atoms with E-state index in [2.05, 4.69) is 25.5 Å². The van der Waals surface area contributed by atoms with Gasteiger partial charge in [0, 0.05) is 18.3 Å². The summed E-state index contributed by atoms with van der Waals surface area (Å²) in [6, 6.07) is 0. The Hall–Kier alpha value is -4.95. The van der Waals surface area contributed by atoms with E-state index in [0.717, 1.165) is 17.5 Å². The molecule has 21 heteroatoms. The number of alkyl halides is 6. The van der Waals surface area contributed by atoms with Crippen molar-refractivity contribution in [2.24, 2.45) is 5.73 Å². The van der Waals surface area contributed by atoms with Crippen molar-refractivity contribution in [2.45, 2.75) is 32.2 Å². The van der Waals surface area contributed by atoms with Gasteiger partial charge in [-0.3, -0.25) is 5.10 Å². The third kappa shape index (κ3) is 8.27. The summed E-state index contributed by atoms with van der Waals surface area (Å²) in [6.07, 6.45) is -4.30. The molecule has 0 amide bonds. The van der Waals surface area contributed by atoms with E-state index in [1.165, 1.54) is 0 Å². The van der Waals surface area contributed by atoms with Gasteiger partial charge < -0.3 is 31.0 Å². The van der Waals surface area contributed by atoms with E-state index in [-0.39, 0.29) is 5.82 Å². The average molecular weight is 597 g/mol. The van der Waals surface area contributed by atoms with Crippen molar-refractivity contribution in [3.8, 4) is 28.5 Å². The van der Waals surface area contributed by atoms with Crippen LogP contribution in [-0.4, -0.2) is 82.7 Å². The first-order chi connectivity index (χ1) is 19.1. The fourth-order valence-corrected chi connectivity index (χ4v) is 2.92. The Morgan fingerprint density at radius 3 is 2.12 bits per heavy atom. The second kappa shape index (κ2) is 13.4. The van der Waals surface area contributed by atoms with Crippen LogP contribution in [0.15, 0.2) is 23.2 Å². The lowest BCUT2D eigenvalue weighted by molar-refractivity contribution is -0.193. The number of imidazole rings is 1. The minimum absolute atomic E-state index is 0.170. The Kier molecular flexibility index (Phi) is 10.6. The number of nitrogens with two attached hydrogens (primary N) is 2. The second-order valence-electron chi connectivity index (χ2n) is 7.43. The number of aromatic nitrogens is 7. The van der Waals surface area contributed by atoms with Crippen molar-refractivity contribution in [2.75, 3.05) is 18.9 Å². The van der Waals surface area contributed by atoms with Crippen molar-refractivity contribution in [3.63, 3.8) is 0 Å². The predicted octanol–water partition coefficient (Wildman–Crippen LogP) is 2.47. The van der Waals surface area contributed by atoms with Crippen LogP contribution in [-0.2, 0) is 16.1 Å². The topological polar surface area (TPSA) is 234 Å². The number of aryl methyl sites for hydroxylation is 1. The van der Waals surface area contributed by atoms with E-state index >= 15 is 0 Å². The molecule has 0 aliphatic rings. The molecule has 0 spiro atoms. The molecule has 0 aliphatic heterocycles. The summed E-state index contributed by atoms with van der Waals surface area (Å²) >= 11 is 0. The van der Waals surface area contributed by atoms with Crippen LogP contribution in [0.3, 0.4) is 0 Å². The normalized spacial score (nSPS) is 11.3. The molecule has 7 N–H and O–H groups in total. The summed E-state index contributed by atoms with van der Waals surface area (Å²) in [5.74, 6) is -4.20. The fourth-order valence-electron chi connectivity index (χ4n) is 2.92. The number of nitrogens with zero attached hydrogens (tertiary/aromatic N) is 6. The van der Waals surface area contributed by atoms with Gasteiger partial charge in [0.15, 0.2) is 23.1 Å². The van der Waals surface area contributed by atoms with Crippen molar-refractivity contribution >= 4 is 28.8 Å². The fraction of sp³-hybridized carbons (Fsp3) is 0.350. The number of nitrogens with one attached hydrogen (secondary N) is 1. The summed E-state index contributed by atoms with van der Waals surface area (Å²) in [4.78, 5) is 27.1. The quantitative estimate of drug-likeness (QED) is 0.152. The first-order valence-corrected chi connectivity index (χ1v) is 11.0. The van der Waals surface area contributed by atoms with Crippen LogP contribution in [0.1, 0.15) is 13.3 Å². The molecule has 0 saturated heterocycles. The highest BCUT2D eigenvalue weighted by Gasteiger charge is 2.38. The van der Waals surface area contributed by atoms with E-state index in [9.17, 15) is 26.3 Å². The zero-order chi connectivity index (χ0) is 31.0. The average Bonchev–Trinajstić information content (AvgIpc) is 3.63. The highest BCUT2D eigenvalue weighted by Crippen LogP contribution is 2.36. The van der Waals surface area contributed by atoms with Gasteiger partial charge in [0.25, 0.3) is 0 Å². The van der Waals surface area contributed by atoms with Gasteiger partial charge in [0.05, 0.1) is 19.0 Å². The summed E-state index contributed by atoms with van der Waals surface area (Å²) in [5.41, 5.74) is 14.8. The minimum Gasteiger partial charge on any atom is -0.490 e. The number of hydrogen-bond donors (Lipinski definition) is 5. The van der Waals surface area contributed by atoms with E-state index in [0.29, 0.717) is 48.2 Å². The van der Waals surface area contributed by atoms with Gasteiger partial charge in [-0.1, -0.05) is 0 Å². The molecule has 0 fully saturated rings. The zero-order valence-corrected chi connectivity index (χ0v) is 20.7. The molecular formula is C20H21F6N9O6. The second-order valence-corrected chi connectivity index (χ2v) is 7.43. The number of ether oxygens (including phenoxy) is 1. The standard InChI is InChI=1S/C16H19N9O2.2C2HF3O2/c1-2-25-14-10(26-5-3-4-17)8-19-11(9-6-20-21-7-9)12(14)22-16(25)13-15(18)24-27-23-13;2*3-2(4,5)1(6)7/h6-8H,2-5,17H2,1H3,(H2,18,24)(H,20,21);2*(H,6,7). The molecule has 0 atom stereocenters. The smallest absolute Gasteiger partial charge is 0.490 e. The van der Waals surface area contributed by atoms with Gasteiger partial charge in [-0.15, -0.1) is 0 Å². The van der Waals surface area contributed by atoms with Gasteiger partial charge >= 0.3 is 24.3 Å². The molecule has 0 bridgehead atoms. The van der Waals surface area contributed by atoms with E-state index < -0.39 is 24.3 Å². The van der Waals surface area contributed by atoms with Crippen LogP contribution >= 0.6 is 0 Å². The van der Waals surface area contributed by atoms with Gasteiger partial charge in [0.2, 0.25) is 0 Å². The lowest BCUT2D eigenvalue weighted by atomic mass is 10.2. The van der Waals surface area contributed by atoms with Crippen LogP contribution in [0.4, 0.5) is 32.2 Å². The number of anilines is 1. The lowest BCUT2D eigenvalue weighted by Gasteiger charge is -2.11. The maximum absolute atomic E-state index is 10.6. The first kappa shape index (κ1) is 32.3. The number of carboxylic acids is 2. The third-order valence-corrected chi connectivity index (χ3v) is 4.64. The molecule has 0 unspecified atom stereocenters. The SMILES string of the molecule is CCn1c(-c2nonc2N)nc2c(-c3cn[nH]c3)ncc(OCCCN)c21.O=C(O)C(F)(F)F.O=C(O)C(F)(F)F. The Balaban J connectivity index is 0.000000349. The third-order valence-electron chi connectivity index (χ3n) is 4.64. The van der Waals surface area contributed by atoms with E-state index in [1.807, 2.05) is 11.5 Å². The van der Waals surface area contributed by atoms with Crippen LogP contribution < -0.4 is 16.2 Å². The monoisotopic (exact) mass is 597 g/mol. The van der Waals surface area contributed by atoms with Gasteiger partial charge in [0.1, 0.15) is 16.7 Å². The number of aliphatic carboxylic acids is 2. The van der Waals surface area contributed by atoms with Gasteiger partial charge in [-0.05, 0) is 30.2 Å². The number of pyridine rings is 1. The molecule has 224 valence electrons. The number of nitrogen functional groups attached to an aromatic ring is 1. The number of hydrogen-bond acceptors (Lipinski definition) is 11. The summed E-state index contributed by atoms with van der Waals surface area (Å²) in [6.45, 7) is 3.63. The van der Waals surface area contributed by atoms with Crippen molar-refractivity contribution in [1.29, 1.82) is 0 Å². The van der Waals surface area contributed by atoms with E-state index in [4.69, 9.17) is 45.6 Å². The summed E-state index contributed by atoms with van der Waals surface area (Å²) in [7, 11) is 0. The van der Waals surface area contributed by atoms with Crippen LogP contribution in [0, 0.1) is 0 Å². The summed E-state index contributed by atoms with van der Waals surface area (Å²) in [5, 5.41) is 28.6. The number of rotatable bonds is 7. The molecule has 4 heterocycles. The maximum Gasteiger partial charge on any atom is 0.490 e. The number of carbonyl (C=O) groups is 2. The molecule has 0 saturated carbocycles. The first-order valence-electron chi connectivity index (χ1n) is 11.0. The molecule has 41 heavy (non-hydrogen) atoms. The number of H-pyrrole nitrogens is 1. The molecule has 0 radical (unpaired) electrons. The number of fused-ring (bicyclic) bond motifs is 1. The highest BCUT2D eigenvalue weighted by molar-refractivity contribution is 5.95. The van der Waals surface area contributed by atoms with Crippen molar-refractivity contribution in [3.05, 3.63) is 18.6 Å². The minimum atomic E-state index is -5.08. The Morgan fingerprint density at radius 2 is 1.68 bits per heavy atom. The zero-order valence-electron chi connectivity index (χ0n) is 20.7. The Labute approximate surface area is 224 Å². The number of carboxylic acid groups (broad SMARTS) is 2. The number of aromatic amines is 1. The van der Waals surface area contributed by atoms with Crippen molar-refractivity contribution in [1.82, 2.24) is 35.0 Å². The van der Waals surface area contributed by atoms with E-state index in [1.54, 1.807) is 18.6 Å². The van der Waals surface area contributed by atoms with Crippen molar-refractivity contribution < 1.29 is 55.5 Å².